The Morgan fingerprint density at radius 3 is 2.91 bits per heavy atom. The van der Waals surface area contributed by atoms with Gasteiger partial charge in [0, 0.05) is 44.2 Å². The molecule has 2 saturated heterocycles. The van der Waals surface area contributed by atoms with Gasteiger partial charge in [0.25, 0.3) is 0 Å². The summed E-state index contributed by atoms with van der Waals surface area (Å²) in [5, 5.41) is 0. The van der Waals surface area contributed by atoms with Crippen LogP contribution in [0, 0.1) is 5.92 Å². The van der Waals surface area contributed by atoms with E-state index in [2.05, 4.69) is 28.0 Å². The molecule has 5 rings (SSSR count). The number of benzene rings is 2. The first-order chi connectivity index (χ1) is 15.7. The van der Waals surface area contributed by atoms with Crippen molar-refractivity contribution in [2.45, 2.75) is 31.8 Å². The molecule has 6 nitrogen and oxygen atoms in total. The van der Waals surface area contributed by atoms with Gasteiger partial charge in [-0.2, -0.15) is 0 Å². The molecular weight excluding hydrogens is 404 g/mol. The van der Waals surface area contributed by atoms with E-state index in [0.717, 1.165) is 60.9 Å². The summed E-state index contributed by atoms with van der Waals surface area (Å²) in [5.74, 6) is 3.25. The van der Waals surface area contributed by atoms with Crippen LogP contribution >= 0.6 is 0 Å². The van der Waals surface area contributed by atoms with Crippen molar-refractivity contribution in [1.29, 1.82) is 0 Å². The number of hydrogen-bond donors (Lipinski definition) is 0. The van der Waals surface area contributed by atoms with Gasteiger partial charge in [-0.15, -0.1) is 0 Å². The molecule has 3 aliphatic rings. The molecule has 3 aliphatic heterocycles. The first kappa shape index (κ1) is 20.9. The maximum Gasteiger partial charge on any atom is 0.231 e. The fourth-order valence-corrected chi connectivity index (χ4v) is 5.17. The van der Waals surface area contributed by atoms with E-state index in [1.165, 1.54) is 0 Å². The van der Waals surface area contributed by atoms with Gasteiger partial charge in [0.05, 0.1) is 7.11 Å². The largest absolute Gasteiger partial charge is 0.496 e. The fraction of sp³-hybridized carbons (Fsp3) is 0.423. The second-order valence-electron chi connectivity index (χ2n) is 8.77. The molecule has 0 saturated carbocycles. The number of amides is 1. The third-order valence-electron chi connectivity index (χ3n) is 6.82. The Kier molecular flexibility index (Phi) is 6.04. The third kappa shape index (κ3) is 4.32. The lowest BCUT2D eigenvalue weighted by Crippen LogP contribution is -2.55. The molecule has 3 heterocycles. The molecule has 0 radical (unpaired) electrons. The summed E-state index contributed by atoms with van der Waals surface area (Å²) in [6.45, 7) is 3.86. The van der Waals surface area contributed by atoms with E-state index in [4.69, 9.17) is 14.2 Å². The van der Waals surface area contributed by atoms with Crippen LogP contribution in [-0.4, -0.2) is 55.3 Å². The molecule has 2 fully saturated rings. The maximum absolute atomic E-state index is 12.8. The van der Waals surface area contributed by atoms with E-state index in [0.29, 0.717) is 24.9 Å². The Hall–Kier alpha value is -2.99. The minimum atomic E-state index is 0.271. The van der Waals surface area contributed by atoms with Gasteiger partial charge in [-0.25, -0.2) is 0 Å². The number of fused-ring (bicyclic) bond motifs is 2. The quantitative estimate of drug-likeness (QED) is 0.689. The summed E-state index contributed by atoms with van der Waals surface area (Å²) in [4.78, 5) is 17.4. The zero-order chi connectivity index (χ0) is 21.9. The second-order valence-corrected chi connectivity index (χ2v) is 8.77. The van der Waals surface area contributed by atoms with Gasteiger partial charge in [-0.3, -0.25) is 9.69 Å². The average molecular weight is 435 g/mol. The number of hydrogen-bond acceptors (Lipinski definition) is 5. The zero-order valence-corrected chi connectivity index (χ0v) is 18.5. The van der Waals surface area contributed by atoms with Crippen molar-refractivity contribution in [1.82, 2.24) is 9.80 Å². The van der Waals surface area contributed by atoms with Crippen LogP contribution in [0.15, 0.2) is 48.5 Å². The van der Waals surface area contributed by atoms with Gasteiger partial charge < -0.3 is 19.1 Å². The van der Waals surface area contributed by atoms with E-state index in [1.54, 1.807) is 7.11 Å². The van der Waals surface area contributed by atoms with E-state index >= 15 is 0 Å². The lowest BCUT2D eigenvalue weighted by Gasteiger charge is -2.47. The van der Waals surface area contributed by atoms with Crippen molar-refractivity contribution < 1.29 is 19.0 Å². The van der Waals surface area contributed by atoms with Gasteiger partial charge in [0.1, 0.15) is 5.75 Å². The molecule has 0 unspecified atom stereocenters. The number of rotatable bonds is 6. The van der Waals surface area contributed by atoms with Crippen LogP contribution in [-0.2, 0) is 11.3 Å². The Labute approximate surface area is 189 Å². The van der Waals surface area contributed by atoms with Crippen LogP contribution in [0.25, 0.3) is 6.08 Å². The average Bonchev–Trinajstić information content (AvgIpc) is 3.29. The Balaban J connectivity index is 1.21. The van der Waals surface area contributed by atoms with Gasteiger partial charge in [0.2, 0.25) is 12.7 Å². The number of carbonyl (C=O) groups is 1. The molecule has 2 aromatic carbocycles. The lowest BCUT2D eigenvalue weighted by molar-refractivity contribution is -0.141. The smallest absolute Gasteiger partial charge is 0.231 e. The zero-order valence-electron chi connectivity index (χ0n) is 18.5. The number of piperidine rings is 2. The van der Waals surface area contributed by atoms with Gasteiger partial charge in [-0.1, -0.05) is 36.4 Å². The highest BCUT2D eigenvalue weighted by atomic mass is 16.7. The Morgan fingerprint density at radius 1 is 1.12 bits per heavy atom. The van der Waals surface area contributed by atoms with Crippen molar-refractivity contribution in [3.05, 3.63) is 59.7 Å². The summed E-state index contributed by atoms with van der Waals surface area (Å²) in [5.41, 5.74) is 2.20. The van der Waals surface area contributed by atoms with Crippen molar-refractivity contribution in [3.8, 4) is 17.2 Å². The lowest BCUT2D eigenvalue weighted by atomic mass is 9.83. The predicted octanol–water partition coefficient (Wildman–Crippen LogP) is 3.95. The summed E-state index contributed by atoms with van der Waals surface area (Å²) in [7, 11) is 1.71. The van der Waals surface area contributed by atoms with Crippen LogP contribution < -0.4 is 14.2 Å². The van der Waals surface area contributed by atoms with Crippen molar-refractivity contribution in [2.24, 2.45) is 5.92 Å². The summed E-state index contributed by atoms with van der Waals surface area (Å²) < 4.78 is 16.4. The number of carbonyl (C=O) groups excluding carboxylic acids is 1. The molecule has 0 spiro atoms. The van der Waals surface area contributed by atoms with Crippen LogP contribution in [0.4, 0.5) is 0 Å². The molecule has 168 valence electrons. The normalized spacial score (nSPS) is 22.9. The number of likely N-dealkylation sites (tertiary alicyclic amines) is 2. The SMILES string of the molecule is COc1ccccc1C=CCN1CC[C@H]2[C@H](CCC(=O)N2Cc2ccc3c(c2)OCO3)C1. The van der Waals surface area contributed by atoms with E-state index in [1.807, 2.05) is 36.4 Å². The molecule has 6 heteroatoms. The number of methoxy groups -OCH3 is 1. The number of ether oxygens (including phenoxy) is 3. The molecule has 0 aromatic heterocycles. The maximum atomic E-state index is 12.8. The molecule has 1 amide bonds. The molecule has 0 N–H and O–H groups in total. The van der Waals surface area contributed by atoms with Crippen LogP contribution in [0.5, 0.6) is 17.2 Å². The van der Waals surface area contributed by atoms with E-state index in [9.17, 15) is 4.79 Å². The van der Waals surface area contributed by atoms with Crippen molar-refractivity contribution in [2.75, 3.05) is 33.5 Å². The molecular formula is C26H30N2O4. The summed E-state index contributed by atoms with van der Waals surface area (Å²) in [6, 6.07) is 14.4. The summed E-state index contributed by atoms with van der Waals surface area (Å²) in [6.07, 6.45) is 6.99. The monoisotopic (exact) mass is 434 g/mol. The van der Waals surface area contributed by atoms with Gasteiger partial charge >= 0.3 is 0 Å². The van der Waals surface area contributed by atoms with Crippen LogP contribution in [0.1, 0.15) is 30.4 Å². The first-order valence-corrected chi connectivity index (χ1v) is 11.4. The van der Waals surface area contributed by atoms with Crippen molar-refractivity contribution >= 4 is 12.0 Å². The second kappa shape index (κ2) is 9.25. The molecule has 0 bridgehead atoms. The number of nitrogens with zero attached hydrogens (tertiary/aromatic N) is 2. The minimum absolute atomic E-state index is 0.271. The molecule has 2 aromatic rings. The van der Waals surface area contributed by atoms with Crippen molar-refractivity contribution in [3.63, 3.8) is 0 Å². The topological polar surface area (TPSA) is 51.2 Å². The highest BCUT2D eigenvalue weighted by Gasteiger charge is 2.39. The number of para-hydroxylation sites is 1. The minimum Gasteiger partial charge on any atom is -0.496 e. The van der Waals surface area contributed by atoms with E-state index in [-0.39, 0.29) is 12.7 Å². The predicted molar refractivity (Wildman–Crippen MR) is 123 cm³/mol. The third-order valence-corrected chi connectivity index (χ3v) is 6.82. The van der Waals surface area contributed by atoms with Crippen LogP contribution in [0.3, 0.4) is 0 Å². The van der Waals surface area contributed by atoms with Gasteiger partial charge in [-0.05, 0) is 42.5 Å². The Morgan fingerprint density at radius 2 is 2.00 bits per heavy atom. The standard InChI is InChI=1S/C26H30N2O4/c1-30-23-7-3-2-5-20(23)6-4-13-27-14-12-22-21(17-27)9-11-26(29)28(22)16-19-8-10-24-25(15-19)32-18-31-24/h2-8,10,15,21-22H,9,11-14,16-18H2,1H3/t21-,22+/m1/s1. The fourth-order valence-electron chi connectivity index (χ4n) is 5.17. The molecule has 2 atom stereocenters. The Bertz CT molecular complexity index is 1010. The molecule has 32 heavy (non-hydrogen) atoms. The first-order valence-electron chi connectivity index (χ1n) is 11.4. The summed E-state index contributed by atoms with van der Waals surface area (Å²) >= 11 is 0. The van der Waals surface area contributed by atoms with Gasteiger partial charge in [0.15, 0.2) is 11.5 Å². The highest BCUT2D eigenvalue weighted by Crippen LogP contribution is 2.35. The highest BCUT2D eigenvalue weighted by molar-refractivity contribution is 5.77. The molecule has 0 aliphatic carbocycles. The van der Waals surface area contributed by atoms with Crippen LogP contribution in [0.2, 0.25) is 0 Å². The van der Waals surface area contributed by atoms with E-state index < -0.39 is 0 Å².